The number of hydrogen-bond donors (Lipinski definition) is 0. The number of nitrogens with zero attached hydrogens (tertiary/aromatic N) is 1. The lowest BCUT2D eigenvalue weighted by atomic mass is 9.90. The first-order valence-corrected chi connectivity index (χ1v) is 5.61. The molecular formula is C13H17NO3. The fourth-order valence-corrected chi connectivity index (χ4v) is 2.15. The molecule has 0 bridgehead atoms. The monoisotopic (exact) mass is 235 g/mol. The van der Waals surface area contributed by atoms with Crippen molar-refractivity contribution in [2.75, 3.05) is 21.3 Å². The van der Waals surface area contributed by atoms with Crippen LogP contribution >= 0.6 is 0 Å². The van der Waals surface area contributed by atoms with Crippen LogP contribution < -0.4 is 9.47 Å². The van der Waals surface area contributed by atoms with Crippen molar-refractivity contribution in [2.45, 2.75) is 19.3 Å². The summed E-state index contributed by atoms with van der Waals surface area (Å²) in [5, 5.41) is 4.03. The summed E-state index contributed by atoms with van der Waals surface area (Å²) >= 11 is 0. The third-order valence-electron chi connectivity index (χ3n) is 3.00. The van der Waals surface area contributed by atoms with Crippen LogP contribution in [0.25, 0.3) is 0 Å². The highest BCUT2D eigenvalue weighted by Gasteiger charge is 2.18. The fourth-order valence-electron chi connectivity index (χ4n) is 2.15. The molecule has 0 fully saturated rings. The van der Waals surface area contributed by atoms with Crippen LogP contribution in [-0.2, 0) is 17.7 Å². The van der Waals surface area contributed by atoms with E-state index in [1.54, 1.807) is 21.3 Å². The number of aryl methyl sites for hydroxylation is 1. The molecule has 0 saturated carbocycles. The number of oxime groups is 1. The molecule has 0 heterocycles. The average Bonchev–Trinajstić information content (AvgIpc) is 2.37. The first kappa shape index (κ1) is 11.8. The molecule has 0 saturated heterocycles. The molecule has 0 radical (unpaired) electrons. The lowest BCUT2D eigenvalue weighted by Gasteiger charge is -2.19. The van der Waals surface area contributed by atoms with Crippen molar-refractivity contribution in [1.82, 2.24) is 0 Å². The first-order valence-electron chi connectivity index (χ1n) is 5.61. The van der Waals surface area contributed by atoms with Crippen LogP contribution in [-0.4, -0.2) is 27.0 Å². The van der Waals surface area contributed by atoms with Crippen LogP contribution in [0.15, 0.2) is 17.3 Å². The lowest BCUT2D eigenvalue weighted by molar-refractivity contribution is 0.211. The Labute approximate surface area is 101 Å². The highest BCUT2D eigenvalue weighted by atomic mass is 16.6. The van der Waals surface area contributed by atoms with Crippen LogP contribution in [0.2, 0.25) is 0 Å². The highest BCUT2D eigenvalue weighted by Crippen LogP contribution is 2.33. The van der Waals surface area contributed by atoms with Crippen molar-refractivity contribution >= 4 is 5.71 Å². The molecule has 0 unspecified atom stereocenters. The molecule has 1 aromatic carbocycles. The van der Waals surface area contributed by atoms with Crippen LogP contribution in [0.4, 0.5) is 0 Å². The van der Waals surface area contributed by atoms with E-state index in [1.807, 2.05) is 6.07 Å². The number of methoxy groups -OCH3 is 2. The topological polar surface area (TPSA) is 40.0 Å². The number of fused-ring (bicyclic) bond motifs is 1. The summed E-state index contributed by atoms with van der Waals surface area (Å²) in [6.45, 7) is 0. The maximum atomic E-state index is 5.30. The van der Waals surface area contributed by atoms with Gasteiger partial charge in [-0.15, -0.1) is 0 Å². The van der Waals surface area contributed by atoms with Crippen LogP contribution in [0.3, 0.4) is 0 Å². The van der Waals surface area contributed by atoms with E-state index >= 15 is 0 Å². The maximum Gasteiger partial charge on any atom is 0.161 e. The molecule has 1 aliphatic carbocycles. The smallest absolute Gasteiger partial charge is 0.161 e. The summed E-state index contributed by atoms with van der Waals surface area (Å²) in [6, 6.07) is 4.08. The maximum absolute atomic E-state index is 5.30. The van der Waals surface area contributed by atoms with E-state index in [0.29, 0.717) is 0 Å². The van der Waals surface area contributed by atoms with Crippen molar-refractivity contribution < 1.29 is 14.3 Å². The third-order valence-corrected chi connectivity index (χ3v) is 3.00. The molecule has 92 valence electrons. The van der Waals surface area contributed by atoms with Gasteiger partial charge in [0.05, 0.1) is 19.9 Å². The van der Waals surface area contributed by atoms with E-state index < -0.39 is 0 Å². The Kier molecular flexibility index (Phi) is 3.52. The molecule has 4 heteroatoms. The van der Waals surface area contributed by atoms with E-state index in [2.05, 4.69) is 11.2 Å². The Bertz CT molecular complexity index is 441. The summed E-state index contributed by atoms with van der Waals surface area (Å²) in [5.41, 5.74) is 3.62. The largest absolute Gasteiger partial charge is 0.493 e. The molecule has 0 spiro atoms. The van der Waals surface area contributed by atoms with E-state index in [9.17, 15) is 0 Å². The number of benzene rings is 1. The Balaban J connectivity index is 2.35. The standard InChI is InChI=1S/C13H17NO3/c1-15-12-7-9-4-5-11(14-17-3)6-10(9)8-13(12)16-2/h7-8H,4-6H2,1-3H3/b14-11-. The number of ether oxygens (including phenoxy) is 2. The molecule has 0 aliphatic heterocycles. The van der Waals surface area contributed by atoms with Gasteiger partial charge in [-0.25, -0.2) is 0 Å². The predicted octanol–water partition coefficient (Wildman–Crippen LogP) is 2.19. The Hall–Kier alpha value is -1.71. The van der Waals surface area contributed by atoms with E-state index in [1.165, 1.54) is 11.1 Å². The normalized spacial score (nSPS) is 16.5. The van der Waals surface area contributed by atoms with Gasteiger partial charge >= 0.3 is 0 Å². The third kappa shape index (κ3) is 2.35. The van der Waals surface area contributed by atoms with Crippen molar-refractivity contribution in [3.8, 4) is 11.5 Å². The lowest BCUT2D eigenvalue weighted by Crippen LogP contribution is -2.14. The summed E-state index contributed by atoms with van der Waals surface area (Å²) in [6.07, 6.45) is 2.73. The molecule has 17 heavy (non-hydrogen) atoms. The molecule has 2 rings (SSSR count). The zero-order chi connectivity index (χ0) is 12.3. The van der Waals surface area contributed by atoms with Crippen molar-refractivity contribution in [1.29, 1.82) is 0 Å². The van der Waals surface area contributed by atoms with Gasteiger partial charge in [0.25, 0.3) is 0 Å². The van der Waals surface area contributed by atoms with E-state index in [-0.39, 0.29) is 0 Å². The first-order chi connectivity index (χ1) is 8.28. The molecule has 0 aromatic heterocycles. The van der Waals surface area contributed by atoms with Crippen LogP contribution in [0, 0.1) is 0 Å². The van der Waals surface area contributed by atoms with Crippen LogP contribution in [0.1, 0.15) is 17.5 Å². The van der Waals surface area contributed by atoms with E-state index in [4.69, 9.17) is 14.3 Å². The molecule has 0 amide bonds. The van der Waals surface area contributed by atoms with Gasteiger partial charge in [0.15, 0.2) is 11.5 Å². The Morgan fingerprint density at radius 2 is 1.59 bits per heavy atom. The van der Waals surface area contributed by atoms with Crippen LogP contribution in [0.5, 0.6) is 11.5 Å². The molecule has 4 nitrogen and oxygen atoms in total. The number of rotatable bonds is 3. The Morgan fingerprint density at radius 3 is 2.18 bits per heavy atom. The second-order valence-corrected chi connectivity index (χ2v) is 3.99. The molecule has 0 N–H and O–H groups in total. The van der Waals surface area contributed by atoms with Crippen molar-refractivity contribution in [3.63, 3.8) is 0 Å². The molecule has 1 aliphatic rings. The average molecular weight is 235 g/mol. The zero-order valence-electron chi connectivity index (χ0n) is 10.4. The summed E-state index contributed by atoms with van der Waals surface area (Å²) in [7, 11) is 4.89. The van der Waals surface area contributed by atoms with Crippen molar-refractivity contribution in [3.05, 3.63) is 23.3 Å². The van der Waals surface area contributed by atoms with Gasteiger partial charge in [0, 0.05) is 6.42 Å². The van der Waals surface area contributed by atoms with E-state index in [0.717, 1.165) is 36.5 Å². The SMILES string of the molecule is CO/N=C1/CCc2cc(OC)c(OC)cc2C1. The molecular weight excluding hydrogens is 218 g/mol. The van der Waals surface area contributed by atoms with Gasteiger partial charge < -0.3 is 14.3 Å². The minimum absolute atomic E-state index is 0.768. The summed E-state index contributed by atoms with van der Waals surface area (Å²) in [4.78, 5) is 4.83. The highest BCUT2D eigenvalue weighted by molar-refractivity contribution is 5.88. The van der Waals surface area contributed by atoms with Crippen molar-refractivity contribution in [2.24, 2.45) is 5.16 Å². The molecule has 0 atom stereocenters. The van der Waals surface area contributed by atoms with Gasteiger partial charge in [0.1, 0.15) is 7.11 Å². The Morgan fingerprint density at radius 1 is 0.941 bits per heavy atom. The minimum atomic E-state index is 0.768. The van der Waals surface area contributed by atoms with Gasteiger partial charge in [-0.1, -0.05) is 5.16 Å². The summed E-state index contributed by atoms with van der Waals surface area (Å²) in [5.74, 6) is 1.56. The quantitative estimate of drug-likeness (QED) is 0.754. The number of hydrogen-bond acceptors (Lipinski definition) is 4. The fraction of sp³-hybridized carbons (Fsp3) is 0.462. The zero-order valence-corrected chi connectivity index (χ0v) is 10.4. The van der Waals surface area contributed by atoms with Gasteiger partial charge in [-0.05, 0) is 36.1 Å². The minimum Gasteiger partial charge on any atom is -0.493 e. The van der Waals surface area contributed by atoms with Gasteiger partial charge in [-0.3, -0.25) is 0 Å². The second kappa shape index (κ2) is 5.08. The summed E-state index contributed by atoms with van der Waals surface area (Å²) < 4.78 is 10.6. The van der Waals surface area contributed by atoms with Gasteiger partial charge in [0.2, 0.25) is 0 Å². The second-order valence-electron chi connectivity index (χ2n) is 3.99. The molecule has 1 aromatic rings. The predicted molar refractivity (Wildman–Crippen MR) is 66.0 cm³/mol. The van der Waals surface area contributed by atoms with Gasteiger partial charge in [-0.2, -0.15) is 0 Å².